The van der Waals surface area contributed by atoms with Gasteiger partial charge in [-0.2, -0.15) is 5.10 Å². The topological polar surface area (TPSA) is 120 Å². The highest BCUT2D eigenvalue weighted by atomic mass is 19.1. The maximum absolute atomic E-state index is 15.2. The molecular formula is C30H26F2N6O5. The number of hydrogen-bond donors (Lipinski definition) is 1. The largest absolute Gasteiger partial charge is 0.452 e. The van der Waals surface area contributed by atoms with E-state index in [9.17, 15) is 23.6 Å². The summed E-state index contributed by atoms with van der Waals surface area (Å²) < 4.78 is 38.0. The summed E-state index contributed by atoms with van der Waals surface area (Å²) in [4.78, 5) is 52.8. The third-order valence-corrected chi connectivity index (χ3v) is 6.73. The van der Waals surface area contributed by atoms with E-state index in [4.69, 9.17) is 4.74 Å². The monoisotopic (exact) mass is 588 g/mol. The minimum Gasteiger partial charge on any atom is -0.452 e. The van der Waals surface area contributed by atoms with Crippen LogP contribution in [0.1, 0.15) is 37.2 Å². The van der Waals surface area contributed by atoms with Crippen LogP contribution in [0.3, 0.4) is 0 Å². The number of ether oxygens (including phenoxy) is 1. The van der Waals surface area contributed by atoms with E-state index in [0.717, 1.165) is 29.0 Å². The van der Waals surface area contributed by atoms with Crippen molar-refractivity contribution >= 4 is 28.7 Å². The van der Waals surface area contributed by atoms with Gasteiger partial charge in [0.15, 0.2) is 17.3 Å². The molecule has 0 atom stereocenters. The van der Waals surface area contributed by atoms with Crippen molar-refractivity contribution in [2.24, 2.45) is 0 Å². The Labute approximate surface area is 243 Å². The van der Waals surface area contributed by atoms with Crippen LogP contribution in [0.4, 0.5) is 20.2 Å². The Hall–Kier alpha value is -5.59. The smallest absolute Gasteiger partial charge is 0.335 e. The lowest BCUT2D eigenvalue weighted by Gasteiger charge is -2.17. The molecule has 11 nitrogen and oxygen atoms in total. The zero-order valence-corrected chi connectivity index (χ0v) is 23.5. The molecule has 0 bridgehead atoms. The lowest BCUT2D eigenvalue weighted by molar-refractivity contribution is -0.116. The molecule has 220 valence electrons. The van der Waals surface area contributed by atoms with Gasteiger partial charge in [-0.15, -0.1) is 0 Å². The maximum Gasteiger partial charge on any atom is 0.335 e. The Balaban J connectivity index is 1.46. The van der Waals surface area contributed by atoms with Crippen LogP contribution in [0.2, 0.25) is 0 Å². The number of halogens is 2. The van der Waals surface area contributed by atoms with Crippen molar-refractivity contribution in [1.82, 2.24) is 18.7 Å². The molecule has 5 aromatic rings. The first-order chi connectivity index (χ1) is 20.4. The number of anilines is 2. The van der Waals surface area contributed by atoms with E-state index in [0.29, 0.717) is 11.2 Å². The quantitative estimate of drug-likeness (QED) is 0.298. The number of fused-ring (bicyclic) bond motifs is 1. The molecule has 0 aliphatic rings. The van der Waals surface area contributed by atoms with Crippen molar-refractivity contribution in [3.63, 3.8) is 0 Å². The Bertz CT molecular complexity index is 2000. The third kappa shape index (κ3) is 5.64. The third-order valence-electron chi connectivity index (χ3n) is 6.73. The van der Waals surface area contributed by atoms with E-state index in [1.54, 1.807) is 39.2 Å². The van der Waals surface area contributed by atoms with Crippen LogP contribution in [-0.4, -0.2) is 37.6 Å². The maximum atomic E-state index is 15.2. The Morgan fingerprint density at radius 2 is 1.70 bits per heavy atom. The van der Waals surface area contributed by atoms with Crippen molar-refractivity contribution in [3.8, 4) is 17.2 Å². The molecule has 1 N–H and O–H groups in total. The fourth-order valence-electron chi connectivity index (χ4n) is 4.32. The molecule has 0 aliphatic heterocycles. The number of carbonyl (C=O) groups excluding carboxylic acids is 2. The molecule has 13 heteroatoms. The van der Waals surface area contributed by atoms with Crippen molar-refractivity contribution < 1.29 is 23.1 Å². The van der Waals surface area contributed by atoms with Crippen molar-refractivity contribution in [3.05, 3.63) is 111 Å². The highest BCUT2D eigenvalue weighted by molar-refractivity contribution is 6.04. The van der Waals surface area contributed by atoms with Crippen LogP contribution in [0.15, 0.2) is 82.8 Å². The van der Waals surface area contributed by atoms with Gasteiger partial charge in [0.05, 0.1) is 23.8 Å². The molecule has 2 amide bonds. The van der Waals surface area contributed by atoms with Gasteiger partial charge in [0.2, 0.25) is 5.91 Å². The molecule has 0 spiro atoms. The lowest BCUT2D eigenvalue weighted by Crippen LogP contribution is -2.42. The first-order valence-electron chi connectivity index (χ1n) is 13.1. The molecule has 0 aliphatic carbocycles. The van der Waals surface area contributed by atoms with Gasteiger partial charge in [0.1, 0.15) is 16.9 Å². The molecule has 0 saturated heterocycles. The zero-order chi connectivity index (χ0) is 31.0. The molecule has 0 saturated carbocycles. The number of amides is 2. The molecule has 0 fully saturated rings. The van der Waals surface area contributed by atoms with Gasteiger partial charge in [-0.3, -0.25) is 19.0 Å². The standard InChI is InChI=1S/C30H26F2N6O5/c1-17(2)36-16-23(29(41)38(30(36)42)21-8-5-19(31)6-9-21)28(40)34-20-7-10-26(24(32)13-20)43-27-14-22(35(4)18(3)39)15-37-25(27)11-12-33-37/h5-17H,1-4H3,(H,34,40). The van der Waals surface area contributed by atoms with Gasteiger partial charge in [-0.05, 0) is 56.3 Å². The highest BCUT2D eigenvalue weighted by Gasteiger charge is 2.21. The van der Waals surface area contributed by atoms with Gasteiger partial charge in [0, 0.05) is 44.0 Å². The van der Waals surface area contributed by atoms with E-state index < -0.39 is 34.8 Å². The number of rotatable bonds is 7. The summed E-state index contributed by atoms with van der Waals surface area (Å²) in [5.41, 5.74) is -0.920. The summed E-state index contributed by atoms with van der Waals surface area (Å²) in [6.45, 7) is 4.79. The van der Waals surface area contributed by atoms with Gasteiger partial charge in [0.25, 0.3) is 11.5 Å². The molecular weight excluding hydrogens is 562 g/mol. The second-order valence-electron chi connectivity index (χ2n) is 9.95. The SMILES string of the molecule is CC(=O)N(C)c1cc(Oc2ccc(NC(=O)c3cn(C(C)C)c(=O)n(-c4ccc(F)cc4)c3=O)cc2F)c2ccnn2c1. The predicted octanol–water partition coefficient (Wildman–Crippen LogP) is 4.53. The van der Waals surface area contributed by atoms with Crippen LogP contribution >= 0.6 is 0 Å². The Kier molecular flexibility index (Phi) is 7.64. The van der Waals surface area contributed by atoms with Crippen LogP contribution in [-0.2, 0) is 4.79 Å². The van der Waals surface area contributed by atoms with E-state index >= 15 is 4.39 Å². The lowest BCUT2D eigenvalue weighted by atomic mass is 10.2. The molecule has 3 aromatic heterocycles. The first-order valence-corrected chi connectivity index (χ1v) is 13.1. The predicted molar refractivity (Wildman–Crippen MR) is 155 cm³/mol. The average molecular weight is 589 g/mol. The van der Waals surface area contributed by atoms with Crippen LogP contribution in [0.5, 0.6) is 11.5 Å². The number of pyridine rings is 1. The van der Waals surface area contributed by atoms with E-state index in [2.05, 4.69) is 10.4 Å². The molecule has 2 aromatic carbocycles. The van der Waals surface area contributed by atoms with Crippen molar-refractivity contribution in [1.29, 1.82) is 0 Å². The Morgan fingerprint density at radius 1 is 0.977 bits per heavy atom. The Morgan fingerprint density at radius 3 is 2.35 bits per heavy atom. The number of aromatic nitrogens is 4. The number of hydrogen-bond acceptors (Lipinski definition) is 6. The molecule has 0 unspecified atom stereocenters. The van der Waals surface area contributed by atoms with Crippen molar-refractivity contribution in [2.75, 3.05) is 17.3 Å². The summed E-state index contributed by atoms with van der Waals surface area (Å²) in [7, 11) is 1.58. The summed E-state index contributed by atoms with van der Waals surface area (Å²) >= 11 is 0. The summed E-state index contributed by atoms with van der Waals surface area (Å²) in [6.07, 6.45) is 4.30. The second kappa shape index (κ2) is 11.4. The van der Waals surface area contributed by atoms with Crippen LogP contribution < -0.4 is 26.2 Å². The summed E-state index contributed by atoms with van der Waals surface area (Å²) in [5.74, 6) is -2.43. The number of benzene rings is 2. The fraction of sp³-hybridized carbons (Fsp3) is 0.167. The number of carbonyl (C=O) groups is 2. The molecule has 0 radical (unpaired) electrons. The van der Waals surface area contributed by atoms with Gasteiger partial charge < -0.3 is 15.0 Å². The molecule has 3 heterocycles. The van der Waals surface area contributed by atoms with Crippen molar-refractivity contribution in [2.45, 2.75) is 26.8 Å². The van der Waals surface area contributed by atoms with Gasteiger partial charge in [-0.25, -0.2) is 22.7 Å². The van der Waals surface area contributed by atoms with Gasteiger partial charge >= 0.3 is 5.69 Å². The highest BCUT2D eigenvalue weighted by Crippen LogP contribution is 2.32. The van der Waals surface area contributed by atoms with E-state index in [1.807, 2.05) is 0 Å². The summed E-state index contributed by atoms with van der Waals surface area (Å²) in [5, 5.41) is 6.66. The van der Waals surface area contributed by atoms with Crippen LogP contribution in [0, 0.1) is 11.6 Å². The number of nitrogens with zero attached hydrogens (tertiary/aromatic N) is 5. The normalized spacial score (nSPS) is 11.1. The van der Waals surface area contributed by atoms with Gasteiger partial charge in [-0.1, -0.05) is 0 Å². The number of nitrogens with one attached hydrogen (secondary N) is 1. The van der Waals surface area contributed by atoms with E-state index in [-0.39, 0.29) is 34.3 Å². The minimum atomic E-state index is -0.924. The van der Waals surface area contributed by atoms with E-state index in [1.165, 1.54) is 51.4 Å². The molecule has 43 heavy (non-hydrogen) atoms. The van der Waals surface area contributed by atoms with Crippen LogP contribution in [0.25, 0.3) is 11.2 Å². The minimum absolute atomic E-state index is 0.0180. The average Bonchev–Trinajstić information content (AvgIpc) is 3.44. The first kappa shape index (κ1) is 28.9. The second-order valence-corrected chi connectivity index (χ2v) is 9.95. The fourth-order valence-corrected chi connectivity index (χ4v) is 4.32. The zero-order valence-electron chi connectivity index (χ0n) is 23.5. The summed E-state index contributed by atoms with van der Waals surface area (Å²) in [6, 6.07) is 11.2. The molecule has 5 rings (SSSR count).